The van der Waals surface area contributed by atoms with Gasteiger partial charge in [0.05, 0.1) is 24.0 Å². The number of nitrogens with one attached hydrogen (secondary N) is 2. The molecule has 1 atom stereocenters. The number of carbonyl (C=O) groups is 2. The molecule has 0 bridgehead atoms. The molecule has 10 nitrogen and oxygen atoms in total. The van der Waals surface area contributed by atoms with Gasteiger partial charge in [0.15, 0.2) is 0 Å². The Hall–Kier alpha value is -5.42. The maximum atomic E-state index is 13.3. The summed E-state index contributed by atoms with van der Waals surface area (Å²) in [4.78, 5) is 42.0. The number of ether oxygens (including phenoxy) is 2. The van der Waals surface area contributed by atoms with Crippen LogP contribution in [-0.2, 0) is 22.6 Å². The molecule has 5 aromatic rings. The quantitative estimate of drug-likeness (QED) is 0.0866. The minimum Gasteiger partial charge on any atom is -0.496 e. The molecule has 47 heavy (non-hydrogen) atoms. The molecule has 5 rings (SSSR count). The fourth-order valence-electron chi connectivity index (χ4n) is 5.22. The van der Waals surface area contributed by atoms with Crippen LogP contribution < -0.4 is 20.1 Å². The number of non-ortho nitro benzene ring substituents is 1. The Balaban J connectivity index is 1.35. The van der Waals surface area contributed by atoms with E-state index in [0.29, 0.717) is 17.7 Å². The highest BCUT2D eigenvalue weighted by atomic mass is 32.2. The standard InChI is InChI=1S/C36H34N4O6S/c1-23-11-12-24(17-32(23)45-3)16-31(36(42)37-2)39-34(41)22-47-33-14-13-26-8-4-5-10-30(26)35(33)27-18-29(20-38-19-27)46-21-25-7-6-9-28(15-25)40(43)44/h4-15,17-20,31H,16,21-22H2,1-3H3,(H,37,42)(H,39,41). The zero-order valence-electron chi connectivity index (χ0n) is 26.2. The third-order valence-corrected chi connectivity index (χ3v) is 8.65. The molecule has 1 heterocycles. The van der Waals surface area contributed by atoms with E-state index in [4.69, 9.17) is 9.47 Å². The van der Waals surface area contributed by atoms with E-state index in [9.17, 15) is 19.7 Å². The number of benzene rings is 4. The average Bonchev–Trinajstić information content (AvgIpc) is 3.09. The van der Waals surface area contributed by atoms with Crippen LogP contribution >= 0.6 is 11.8 Å². The number of fused-ring (bicyclic) bond motifs is 1. The van der Waals surface area contributed by atoms with Crippen molar-refractivity contribution in [3.8, 4) is 22.6 Å². The number of rotatable bonds is 13. The number of thioether (sulfide) groups is 1. The van der Waals surface area contributed by atoms with Crippen LogP contribution in [-0.4, -0.2) is 47.7 Å². The van der Waals surface area contributed by atoms with Crippen molar-refractivity contribution in [1.82, 2.24) is 15.6 Å². The first-order valence-electron chi connectivity index (χ1n) is 14.9. The molecule has 0 saturated carbocycles. The van der Waals surface area contributed by atoms with E-state index in [2.05, 4.69) is 15.6 Å². The van der Waals surface area contributed by atoms with Gasteiger partial charge in [-0.3, -0.25) is 24.7 Å². The molecule has 0 radical (unpaired) electrons. The third-order valence-electron chi connectivity index (χ3n) is 7.59. The molecular weight excluding hydrogens is 616 g/mol. The number of pyridine rings is 1. The molecule has 240 valence electrons. The lowest BCUT2D eigenvalue weighted by molar-refractivity contribution is -0.384. The van der Waals surface area contributed by atoms with Crippen molar-refractivity contribution in [1.29, 1.82) is 0 Å². The molecule has 0 spiro atoms. The molecule has 2 amide bonds. The zero-order chi connectivity index (χ0) is 33.3. The summed E-state index contributed by atoms with van der Waals surface area (Å²) in [6.45, 7) is 2.07. The van der Waals surface area contributed by atoms with Crippen molar-refractivity contribution < 1.29 is 24.0 Å². The minimum atomic E-state index is -0.763. The monoisotopic (exact) mass is 650 g/mol. The van der Waals surface area contributed by atoms with Gasteiger partial charge in [-0.15, -0.1) is 11.8 Å². The number of carbonyl (C=O) groups excluding carboxylic acids is 2. The number of nitro groups is 1. The van der Waals surface area contributed by atoms with Gasteiger partial charge in [0, 0.05) is 47.8 Å². The van der Waals surface area contributed by atoms with Crippen LogP contribution in [0.3, 0.4) is 0 Å². The van der Waals surface area contributed by atoms with E-state index in [1.54, 1.807) is 38.7 Å². The Morgan fingerprint density at radius 2 is 1.81 bits per heavy atom. The second-order valence-electron chi connectivity index (χ2n) is 10.8. The molecule has 1 aromatic heterocycles. The molecule has 0 aliphatic rings. The number of hydrogen-bond acceptors (Lipinski definition) is 8. The van der Waals surface area contributed by atoms with Gasteiger partial charge in [-0.25, -0.2) is 0 Å². The van der Waals surface area contributed by atoms with Crippen LogP contribution in [0, 0.1) is 17.0 Å². The number of likely N-dealkylation sites (N-methyl/N-ethyl adjacent to an activating group) is 1. The number of nitrogens with zero attached hydrogens (tertiary/aromatic N) is 2. The second-order valence-corrected chi connectivity index (χ2v) is 11.8. The molecule has 1 unspecified atom stereocenters. The fraction of sp³-hybridized carbons (Fsp3) is 0.194. The lowest BCUT2D eigenvalue weighted by Gasteiger charge is -2.19. The van der Waals surface area contributed by atoms with Crippen LogP contribution in [0.5, 0.6) is 11.5 Å². The summed E-state index contributed by atoms with van der Waals surface area (Å²) in [6.07, 6.45) is 3.64. The largest absolute Gasteiger partial charge is 0.496 e. The highest BCUT2D eigenvalue weighted by Gasteiger charge is 2.22. The van der Waals surface area contributed by atoms with Gasteiger partial charge in [0.1, 0.15) is 24.1 Å². The van der Waals surface area contributed by atoms with Crippen molar-refractivity contribution in [3.05, 3.63) is 124 Å². The van der Waals surface area contributed by atoms with Gasteiger partial charge in [-0.2, -0.15) is 0 Å². The van der Waals surface area contributed by atoms with Crippen molar-refractivity contribution in [2.75, 3.05) is 19.9 Å². The first-order valence-corrected chi connectivity index (χ1v) is 15.8. The lowest BCUT2D eigenvalue weighted by Crippen LogP contribution is -2.47. The molecule has 2 N–H and O–H groups in total. The molecule has 0 fully saturated rings. The van der Waals surface area contributed by atoms with E-state index >= 15 is 0 Å². The van der Waals surface area contributed by atoms with Crippen molar-refractivity contribution in [2.24, 2.45) is 0 Å². The maximum absolute atomic E-state index is 13.3. The summed E-state index contributed by atoms with van der Waals surface area (Å²) in [7, 11) is 3.14. The summed E-state index contributed by atoms with van der Waals surface area (Å²) in [5.41, 5.74) is 4.19. The van der Waals surface area contributed by atoms with Gasteiger partial charge < -0.3 is 20.1 Å². The predicted molar refractivity (Wildman–Crippen MR) is 183 cm³/mol. The molecule has 0 aliphatic heterocycles. The van der Waals surface area contributed by atoms with Gasteiger partial charge in [0.25, 0.3) is 5.69 Å². The van der Waals surface area contributed by atoms with Gasteiger partial charge in [0.2, 0.25) is 11.8 Å². The molecular formula is C36H34N4O6S. The number of methoxy groups -OCH3 is 1. The minimum absolute atomic E-state index is 0.00328. The van der Waals surface area contributed by atoms with Crippen LogP contribution in [0.15, 0.2) is 102 Å². The second kappa shape index (κ2) is 15.2. The molecule has 4 aromatic carbocycles. The first-order chi connectivity index (χ1) is 22.7. The van der Waals surface area contributed by atoms with E-state index in [1.165, 1.54) is 23.9 Å². The molecule has 11 heteroatoms. The summed E-state index contributed by atoms with van der Waals surface area (Å²) < 4.78 is 11.4. The summed E-state index contributed by atoms with van der Waals surface area (Å²) in [5.74, 6) is 0.719. The summed E-state index contributed by atoms with van der Waals surface area (Å²) in [6, 6.07) is 25.1. The highest BCUT2D eigenvalue weighted by molar-refractivity contribution is 8.00. The Labute approximate surface area is 276 Å². The van der Waals surface area contributed by atoms with E-state index in [1.807, 2.05) is 67.6 Å². The van der Waals surface area contributed by atoms with Gasteiger partial charge >= 0.3 is 0 Å². The Morgan fingerprint density at radius 1 is 0.979 bits per heavy atom. The van der Waals surface area contributed by atoms with Crippen molar-refractivity contribution in [3.63, 3.8) is 0 Å². The maximum Gasteiger partial charge on any atom is 0.269 e. The van der Waals surface area contributed by atoms with Crippen molar-refractivity contribution >= 4 is 40.0 Å². The van der Waals surface area contributed by atoms with Crippen molar-refractivity contribution in [2.45, 2.75) is 30.9 Å². The van der Waals surface area contributed by atoms with Crippen LogP contribution in [0.1, 0.15) is 16.7 Å². The van der Waals surface area contributed by atoms with Crippen LogP contribution in [0.4, 0.5) is 5.69 Å². The predicted octanol–water partition coefficient (Wildman–Crippen LogP) is 6.27. The number of aryl methyl sites for hydroxylation is 1. The van der Waals surface area contributed by atoms with Crippen LogP contribution in [0.2, 0.25) is 0 Å². The van der Waals surface area contributed by atoms with Gasteiger partial charge in [-0.1, -0.05) is 54.6 Å². The smallest absolute Gasteiger partial charge is 0.269 e. The first kappa shape index (κ1) is 33.0. The van der Waals surface area contributed by atoms with E-state index in [-0.39, 0.29) is 29.9 Å². The molecule has 0 aliphatic carbocycles. The topological polar surface area (TPSA) is 133 Å². The fourth-order valence-corrected chi connectivity index (χ4v) is 6.13. The summed E-state index contributed by atoms with van der Waals surface area (Å²) in [5, 5.41) is 18.7. The average molecular weight is 651 g/mol. The normalized spacial score (nSPS) is 11.5. The number of hydrogen-bond donors (Lipinski definition) is 2. The Bertz CT molecular complexity index is 1930. The number of aromatic nitrogens is 1. The lowest BCUT2D eigenvalue weighted by atomic mass is 9.99. The third kappa shape index (κ3) is 8.25. The van der Waals surface area contributed by atoms with E-state index in [0.717, 1.165) is 43.7 Å². The highest BCUT2D eigenvalue weighted by Crippen LogP contribution is 2.38. The van der Waals surface area contributed by atoms with Crippen LogP contribution in [0.25, 0.3) is 21.9 Å². The number of amides is 2. The summed E-state index contributed by atoms with van der Waals surface area (Å²) >= 11 is 1.36. The molecule has 0 saturated heterocycles. The SMILES string of the molecule is CNC(=O)C(Cc1ccc(C)c(OC)c1)NC(=O)CSc1ccc2ccccc2c1-c1cncc(OCc2cccc([N+](=O)[O-])c2)c1. The van der Waals surface area contributed by atoms with E-state index < -0.39 is 11.0 Å². The number of nitro benzene ring substituents is 1. The van der Waals surface area contributed by atoms with Gasteiger partial charge in [-0.05, 0) is 52.6 Å². The Morgan fingerprint density at radius 3 is 2.60 bits per heavy atom. The zero-order valence-corrected chi connectivity index (χ0v) is 27.0. The Kier molecular flexibility index (Phi) is 10.7.